The second-order valence-electron chi connectivity index (χ2n) is 6.83. The van der Waals surface area contributed by atoms with E-state index in [9.17, 15) is 18.4 Å². The van der Waals surface area contributed by atoms with E-state index in [1.807, 2.05) is 30.3 Å². The Labute approximate surface area is 186 Å². The topological polar surface area (TPSA) is 100 Å². The minimum absolute atomic E-state index is 0.0594. The summed E-state index contributed by atoms with van der Waals surface area (Å²) in [7, 11) is 0. The van der Waals surface area contributed by atoms with E-state index < -0.39 is 18.1 Å². The molecule has 4 rings (SSSR count). The van der Waals surface area contributed by atoms with Crippen molar-refractivity contribution in [3.8, 4) is 17.2 Å². The zero-order chi connectivity index (χ0) is 23.4. The van der Waals surface area contributed by atoms with E-state index >= 15 is 0 Å². The lowest BCUT2D eigenvalue weighted by Crippen LogP contribution is -2.27. The number of benzene rings is 2. The molecule has 0 spiro atoms. The number of aromatic nitrogens is 4. The van der Waals surface area contributed by atoms with Crippen molar-refractivity contribution < 1.29 is 23.0 Å². The fourth-order valence-electron chi connectivity index (χ4n) is 3.22. The Morgan fingerprint density at radius 1 is 1.15 bits per heavy atom. The number of fused-ring (bicyclic) bond motifs is 1. The first-order valence-electron chi connectivity index (χ1n) is 9.96. The van der Waals surface area contributed by atoms with E-state index in [0.29, 0.717) is 11.3 Å². The highest BCUT2D eigenvalue weighted by Gasteiger charge is 2.15. The van der Waals surface area contributed by atoms with Gasteiger partial charge >= 0.3 is 6.61 Å². The van der Waals surface area contributed by atoms with Crippen molar-refractivity contribution >= 4 is 22.6 Å². The van der Waals surface area contributed by atoms with E-state index in [-0.39, 0.29) is 30.0 Å². The summed E-state index contributed by atoms with van der Waals surface area (Å²) in [5.74, 6) is -0.603. The number of alkyl halides is 2. The van der Waals surface area contributed by atoms with E-state index in [1.165, 1.54) is 30.7 Å². The van der Waals surface area contributed by atoms with E-state index in [0.717, 1.165) is 10.3 Å². The molecule has 11 heteroatoms. The van der Waals surface area contributed by atoms with Crippen LogP contribution in [0, 0.1) is 0 Å². The van der Waals surface area contributed by atoms with Gasteiger partial charge < -0.3 is 14.8 Å². The number of ether oxygens (including phenoxy) is 2. The van der Waals surface area contributed by atoms with Crippen LogP contribution in [0.25, 0.3) is 16.7 Å². The highest BCUT2D eigenvalue weighted by Crippen LogP contribution is 2.31. The number of rotatable bonds is 8. The van der Waals surface area contributed by atoms with E-state index in [1.54, 1.807) is 11.6 Å². The number of carbonyl (C=O) groups excluding carboxylic acids is 1. The maximum Gasteiger partial charge on any atom is 0.387 e. The molecule has 2 heterocycles. The number of hydrogen-bond donors (Lipinski definition) is 1. The molecular formula is C22H19F2N5O4. The Morgan fingerprint density at radius 3 is 2.67 bits per heavy atom. The molecule has 0 aliphatic heterocycles. The first kappa shape index (κ1) is 21.9. The number of halogens is 2. The number of para-hydroxylation sites is 1. The normalized spacial score (nSPS) is 11.0. The van der Waals surface area contributed by atoms with Gasteiger partial charge in [0.2, 0.25) is 5.91 Å². The maximum absolute atomic E-state index is 12.8. The number of nitrogens with zero attached hydrogens (tertiary/aromatic N) is 4. The van der Waals surface area contributed by atoms with Gasteiger partial charge in [-0.2, -0.15) is 13.9 Å². The molecule has 2 aromatic carbocycles. The summed E-state index contributed by atoms with van der Waals surface area (Å²) < 4.78 is 37.5. The molecule has 0 bridgehead atoms. The number of carbonyl (C=O) groups is 1. The predicted molar refractivity (Wildman–Crippen MR) is 116 cm³/mol. The molecule has 0 saturated heterocycles. The summed E-state index contributed by atoms with van der Waals surface area (Å²) in [6, 6.07) is 13.3. The third-order valence-corrected chi connectivity index (χ3v) is 4.61. The Bertz CT molecular complexity index is 1340. The smallest absolute Gasteiger partial charge is 0.387 e. The summed E-state index contributed by atoms with van der Waals surface area (Å²) in [6.45, 7) is -1.41. The number of nitrogens with one attached hydrogen (secondary N) is 1. The first-order chi connectivity index (χ1) is 16.0. The molecule has 1 N–H and O–H groups in total. The Morgan fingerprint density at radius 2 is 1.94 bits per heavy atom. The second kappa shape index (κ2) is 9.47. The van der Waals surface area contributed by atoms with Gasteiger partial charge in [0.1, 0.15) is 18.3 Å². The van der Waals surface area contributed by atoms with Crippen molar-refractivity contribution in [2.45, 2.75) is 20.1 Å². The molecule has 0 radical (unpaired) electrons. The molecule has 4 aromatic rings. The van der Waals surface area contributed by atoms with Crippen LogP contribution >= 0.6 is 0 Å². The largest absolute Gasteiger partial charge is 0.490 e. The Balaban J connectivity index is 1.53. The van der Waals surface area contributed by atoms with Gasteiger partial charge in [-0.25, -0.2) is 9.67 Å². The molecule has 0 saturated carbocycles. The number of anilines is 1. The van der Waals surface area contributed by atoms with E-state index in [2.05, 4.69) is 20.1 Å². The SMILES string of the molecule is CCOc1cc(NC(=O)Cn2cnc3c(cnn3-c3ccccc3)c2=O)ccc1OC(F)F. The lowest BCUT2D eigenvalue weighted by atomic mass is 10.2. The van der Waals surface area contributed by atoms with Gasteiger partial charge in [0.25, 0.3) is 5.56 Å². The second-order valence-corrected chi connectivity index (χ2v) is 6.83. The van der Waals surface area contributed by atoms with Crippen molar-refractivity contribution in [1.82, 2.24) is 19.3 Å². The van der Waals surface area contributed by atoms with Gasteiger partial charge in [0, 0.05) is 11.8 Å². The summed E-state index contributed by atoms with van der Waals surface area (Å²) >= 11 is 0. The van der Waals surface area contributed by atoms with Crippen LogP contribution in [0.5, 0.6) is 11.5 Å². The third kappa shape index (κ3) is 4.81. The molecule has 170 valence electrons. The summed E-state index contributed by atoms with van der Waals surface area (Å²) in [6.07, 6.45) is 2.68. The maximum atomic E-state index is 12.8. The van der Waals surface area contributed by atoms with E-state index in [4.69, 9.17) is 4.74 Å². The zero-order valence-electron chi connectivity index (χ0n) is 17.4. The van der Waals surface area contributed by atoms with Crippen LogP contribution < -0.4 is 20.3 Å². The van der Waals surface area contributed by atoms with Gasteiger partial charge in [0.15, 0.2) is 17.1 Å². The van der Waals surface area contributed by atoms with Gasteiger partial charge in [-0.15, -0.1) is 0 Å². The van der Waals surface area contributed by atoms with Crippen LogP contribution in [0.3, 0.4) is 0 Å². The lowest BCUT2D eigenvalue weighted by Gasteiger charge is -2.13. The van der Waals surface area contributed by atoms with Crippen LogP contribution in [-0.4, -0.2) is 38.5 Å². The molecule has 9 nitrogen and oxygen atoms in total. The van der Waals surface area contributed by atoms with Crippen molar-refractivity contribution in [3.05, 3.63) is 71.4 Å². The van der Waals surface area contributed by atoms with Crippen molar-refractivity contribution in [2.24, 2.45) is 0 Å². The quantitative estimate of drug-likeness (QED) is 0.438. The molecule has 0 fully saturated rings. The molecule has 33 heavy (non-hydrogen) atoms. The minimum Gasteiger partial charge on any atom is -0.490 e. The van der Waals surface area contributed by atoms with Crippen LogP contribution in [0.15, 0.2) is 65.8 Å². The van der Waals surface area contributed by atoms with Crippen molar-refractivity contribution in [1.29, 1.82) is 0 Å². The molecule has 0 unspecified atom stereocenters. The minimum atomic E-state index is -3.01. The molecule has 0 aliphatic rings. The monoisotopic (exact) mass is 455 g/mol. The fraction of sp³-hybridized carbons (Fsp3) is 0.182. The number of hydrogen-bond acceptors (Lipinski definition) is 6. The summed E-state index contributed by atoms with van der Waals surface area (Å²) in [5, 5.41) is 7.10. The van der Waals surface area contributed by atoms with Gasteiger partial charge in [-0.05, 0) is 31.2 Å². The van der Waals surface area contributed by atoms with Gasteiger partial charge in [-0.1, -0.05) is 18.2 Å². The Hall–Kier alpha value is -4.28. The zero-order valence-corrected chi connectivity index (χ0v) is 17.4. The fourth-order valence-corrected chi connectivity index (χ4v) is 3.22. The average molecular weight is 455 g/mol. The molecule has 2 aromatic heterocycles. The Kier molecular flexibility index (Phi) is 6.29. The standard InChI is InChI=1S/C22H19F2N5O4/c1-2-32-18-10-14(8-9-17(18)33-22(23)24)27-19(30)12-28-13-25-20-16(21(28)31)11-26-29(20)15-6-4-3-5-7-15/h3-11,13,22H,2,12H2,1H3,(H,27,30). The number of amides is 1. The van der Waals surface area contributed by atoms with Crippen LogP contribution in [0.1, 0.15) is 6.92 Å². The van der Waals surface area contributed by atoms with Crippen LogP contribution in [0.2, 0.25) is 0 Å². The highest BCUT2D eigenvalue weighted by atomic mass is 19.3. The summed E-state index contributed by atoms with van der Waals surface area (Å²) in [5.41, 5.74) is 0.996. The molecule has 0 aliphatic carbocycles. The van der Waals surface area contributed by atoms with Crippen molar-refractivity contribution in [3.63, 3.8) is 0 Å². The van der Waals surface area contributed by atoms with Crippen molar-refractivity contribution in [2.75, 3.05) is 11.9 Å². The third-order valence-electron chi connectivity index (χ3n) is 4.61. The van der Waals surface area contributed by atoms with Gasteiger partial charge in [-0.3, -0.25) is 14.2 Å². The van der Waals surface area contributed by atoms with Gasteiger partial charge in [0.05, 0.1) is 18.5 Å². The molecular weight excluding hydrogens is 436 g/mol. The summed E-state index contributed by atoms with van der Waals surface area (Å²) in [4.78, 5) is 29.6. The average Bonchev–Trinajstić information content (AvgIpc) is 3.23. The van der Waals surface area contributed by atoms with Crippen LogP contribution in [0.4, 0.5) is 14.5 Å². The predicted octanol–water partition coefficient (Wildman–Crippen LogP) is 3.22. The molecule has 1 amide bonds. The molecule has 0 atom stereocenters. The lowest BCUT2D eigenvalue weighted by molar-refractivity contribution is -0.116. The van der Waals surface area contributed by atoms with Crippen LogP contribution in [-0.2, 0) is 11.3 Å². The highest BCUT2D eigenvalue weighted by molar-refractivity contribution is 5.91. The first-order valence-corrected chi connectivity index (χ1v) is 9.96.